The number of benzene rings is 2. The summed E-state index contributed by atoms with van der Waals surface area (Å²) in [5, 5.41) is 2.88. The number of anilines is 2. The van der Waals surface area contributed by atoms with E-state index in [0.29, 0.717) is 17.1 Å². The first-order chi connectivity index (χ1) is 13.2. The van der Waals surface area contributed by atoms with Gasteiger partial charge in [0.25, 0.3) is 5.91 Å². The van der Waals surface area contributed by atoms with Gasteiger partial charge in [-0.3, -0.25) is 9.78 Å². The summed E-state index contributed by atoms with van der Waals surface area (Å²) in [6.07, 6.45) is 1.67. The van der Waals surface area contributed by atoms with Crippen molar-refractivity contribution in [2.24, 2.45) is 0 Å². The molecule has 3 aromatic rings. The Kier molecular flexibility index (Phi) is 6.05. The van der Waals surface area contributed by atoms with E-state index in [2.05, 4.69) is 29.0 Å². The summed E-state index contributed by atoms with van der Waals surface area (Å²) >= 11 is 0. The van der Waals surface area contributed by atoms with E-state index in [-0.39, 0.29) is 5.91 Å². The van der Waals surface area contributed by atoms with Crippen molar-refractivity contribution in [3.05, 3.63) is 78.6 Å². The Morgan fingerprint density at radius 1 is 0.963 bits per heavy atom. The molecule has 3 rings (SSSR count). The summed E-state index contributed by atoms with van der Waals surface area (Å²) in [5.74, 6) is 1.24. The van der Waals surface area contributed by atoms with Crippen LogP contribution in [0.1, 0.15) is 24.3 Å². The second-order valence-corrected chi connectivity index (χ2v) is 5.97. The Labute approximate surface area is 159 Å². The molecule has 0 spiro atoms. The number of para-hydroxylation sites is 1. The third kappa shape index (κ3) is 4.85. The van der Waals surface area contributed by atoms with Crippen LogP contribution in [0, 0.1) is 0 Å². The Balaban J connectivity index is 1.66. The number of ether oxygens (including phenoxy) is 1. The van der Waals surface area contributed by atoms with Crippen molar-refractivity contribution in [3.63, 3.8) is 0 Å². The maximum Gasteiger partial charge on any atom is 0.274 e. The predicted molar refractivity (Wildman–Crippen MR) is 109 cm³/mol. The van der Waals surface area contributed by atoms with E-state index in [0.717, 1.165) is 24.5 Å². The smallest absolute Gasteiger partial charge is 0.274 e. The van der Waals surface area contributed by atoms with Gasteiger partial charge < -0.3 is 15.0 Å². The van der Waals surface area contributed by atoms with Gasteiger partial charge in [-0.1, -0.05) is 18.2 Å². The van der Waals surface area contributed by atoms with Crippen LogP contribution >= 0.6 is 0 Å². The number of carbonyl (C=O) groups is 1. The van der Waals surface area contributed by atoms with E-state index in [1.165, 1.54) is 0 Å². The highest BCUT2D eigenvalue weighted by Gasteiger charge is 2.11. The lowest BCUT2D eigenvalue weighted by Crippen LogP contribution is -2.22. The maximum absolute atomic E-state index is 12.5. The molecule has 0 unspecified atom stereocenters. The quantitative estimate of drug-likeness (QED) is 0.645. The number of rotatable bonds is 7. The van der Waals surface area contributed by atoms with Crippen LogP contribution < -0.4 is 15.0 Å². The van der Waals surface area contributed by atoms with Crippen LogP contribution in [0.25, 0.3) is 0 Å². The number of aromatic nitrogens is 1. The number of carbonyl (C=O) groups excluding carboxylic acids is 1. The molecular formula is C22H23N3O2. The molecular weight excluding hydrogens is 338 g/mol. The van der Waals surface area contributed by atoms with Crippen molar-refractivity contribution in [2.45, 2.75) is 13.8 Å². The van der Waals surface area contributed by atoms with Gasteiger partial charge in [-0.2, -0.15) is 0 Å². The van der Waals surface area contributed by atoms with Crippen molar-refractivity contribution in [3.8, 4) is 11.5 Å². The number of hydrogen-bond acceptors (Lipinski definition) is 4. The number of pyridine rings is 1. The van der Waals surface area contributed by atoms with E-state index in [9.17, 15) is 4.79 Å². The third-order valence-electron chi connectivity index (χ3n) is 4.20. The van der Waals surface area contributed by atoms with Crippen molar-refractivity contribution in [1.82, 2.24) is 4.98 Å². The Hall–Kier alpha value is -3.34. The molecule has 27 heavy (non-hydrogen) atoms. The highest BCUT2D eigenvalue weighted by molar-refractivity contribution is 6.03. The van der Waals surface area contributed by atoms with Crippen LogP contribution in [-0.4, -0.2) is 24.0 Å². The molecule has 1 heterocycles. The summed E-state index contributed by atoms with van der Waals surface area (Å²) in [6.45, 7) is 5.93. The van der Waals surface area contributed by atoms with Crippen LogP contribution in [0.4, 0.5) is 11.4 Å². The fourth-order valence-electron chi connectivity index (χ4n) is 2.76. The summed E-state index contributed by atoms with van der Waals surface area (Å²) < 4.78 is 5.76. The lowest BCUT2D eigenvalue weighted by Gasteiger charge is -2.21. The molecule has 0 aliphatic rings. The normalized spacial score (nSPS) is 10.3. The van der Waals surface area contributed by atoms with Gasteiger partial charge in [0.15, 0.2) is 0 Å². The second-order valence-electron chi connectivity index (χ2n) is 5.97. The fourth-order valence-corrected chi connectivity index (χ4v) is 2.76. The lowest BCUT2D eigenvalue weighted by molar-refractivity contribution is 0.102. The summed E-state index contributed by atoms with van der Waals surface area (Å²) in [5.41, 5.74) is 2.08. The van der Waals surface area contributed by atoms with Crippen LogP contribution in [0.15, 0.2) is 72.9 Å². The minimum absolute atomic E-state index is 0.235. The monoisotopic (exact) mass is 361 g/mol. The summed E-state index contributed by atoms with van der Waals surface area (Å²) in [7, 11) is 0. The van der Waals surface area contributed by atoms with Gasteiger partial charge in [0.05, 0.1) is 0 Å². The zero-order valence-electron chi connectivity index (χ0n) is 15.6. The topological polar surface area (TPSA) is 54.5 Å². The first kappa shape index (κ1) is 18.5. The Morgan fingerprint density at radius 3 is 2.30 bits per heavy atom. The van der Waals surface area contributed by atoms with E-state index in [4.69, 9.17) is 4.74 Å². The fraction of sp³-hybridized carbons (Fsp3) is 0.182. The van der Waals surface area contributed by atoms with Crippen molar-refractivity contribution >= 4 is 17.3 Å². The first-order valence-corrected chi connectivity index (χ1v) is 9.05. The molecule has 0 aliphatic carbocycles. The Bertz CT molecular complexity index is 876. The molecule has 1 amide bonds. The van der Waals surface area contributed by atoms with E-state index in [1.54, 1.807) is 6.20 Å². The minimum Gasteiger partial charge on any atom is -0.457 e. The third-order valence-corrected chi connectivity index (χ3v) is 4.20. The molecule has 138 valence electrons. The van der Waals surface area contributed by atoms with Crippen molar-refractivity contribution in [2.75, 3.05) is 23.3 Å². The van der Waals surface area contributed by atoms with Gasteiger partial charge in [-0.15, -0.1) is 0 Å². The molecule has 0 aliphatic heterocycles. The van der Waals surface area contributed by atoms with E-state index < -0.39 is 0 Å². The highest BCUT2D eigenvalue weighted by Crippen LogP contribution is 2.23. The maximum atomic E-state index is 12.5. The van der Waals surface area contributed by atoms with E-state index >= 15 is 0 Å². The second kappa shape index (κ2) is 8.85. The van der Waals surface area contributed by atoms with Gasteiger partial charge in [-0.25, -0.2) is 0 Å². The zero-order valence-corrected chi connectivity index (χ0v) is 15.6. The highest BCUT2D eigenvalue weighted by atomic mass is 16.5. The van der Waals surface area contributed by atoms with Crippen LogP contribution in [0.2, 0.25) is 0 Å². The molecule has 5 heteroatoms. The zero-order chi connectivity index (χ0) is 19.1. The van der Waals surface area contributed by atoms with Gasteiger partial charge >= 0.3 is 0 Å². The van der Waals surface area contributed by atoms with E-state index in [1.807, 2.05) is 66.7 Å². The van der Waals surface area contributed by atoms with Gasteiger partial charge in [-0.05, 0) is 62.4 Å². The average Bonchev–Trinajstić information content (AvgIpc) is 2.71. The first-order valence-electron chi connectivity index (χ1n) is 9.05. The lowest BCUT2D eigenvalue weighted by atomic mass is 10.2. The van der Waals surface area contributed by atoms with Gasteiger partial charge in [0.2, 0.25) is 0 Å². The van der Waals surface area contributed by atoms with Gasteiger partial charge in [0.1, 0.15) is 17.2 Å². The summed E-state index contributed by atoms with van der Waals surface area (Å²) in [4.78, 5) is 18.9. The molecule has 0 bridgehead atoms. The van der Waals surface area contributed by atoms with Crippen molar-refractivity contribution in [1.29, 1.82) is 0 Å². The predicted octanol–water partition coefficient (Wildman–Crippen LogP) is 4.97. The van der Waals surface area contributed by atoms with Gasteiger partial charge in [0, 0.05) is 30.7 Å². The summed E-state index contributed by atoms with van der Waals surface area (Å²) in [6, 6.07) is 20.6. The Morgan fingerprint density at radius 2 is 1.63 bits per heavy atom. The molecule has 0 saturated carbocycles. The standard InChI is InChI=1S/C22H23N3O2/c1-3-25(4-2)18-14-15-23-21(16-18)22(26)24-17-10-12-20(13-11-17)27-19-8-6-5-7-9-19/h5-16H,3-4H2,1-2H3,(H,24,26). The molecule has 0 fully saturated rings. The SMILES string of the molecule is CCN(CC)c1ccnc(C(=O)Nc2ccc(Oc3ccccc3)cc2)c1. The molecule has 1 N–H and O–H groups in total. The minimum atomic E-state index is -0.235. The van der Waals surface area contributed by atoms with Crippen LogP contribution in [-0.2, 0) is 0 Å². The number of amides is 1. The van der Waals surface area contributed by atoms with Crippen LogP contribution in [0.3, 0.4) is 0 Å². The van der Waals surface area contributed by atoms with Crippen molar-refractivity contribution < 1.29 is 9.53 Å². The number of nitrogens with zero attached hydrogens (tertiary/aromatic N) is 2. The average molecular weight is 361 g/mol. The molecule has 0 radical (unpaired) electrons. The van der Waals surface area contributed by atoms with Crippen LogP contribution in [0.5, 0.6) is 11.5 Å². The largest absolute Gasteiger partial charge is 0.457 e. The molecule has 0 atom stereocenters. The molecule has 5 nitrogen and oxygen atoms in total. The number of hydrogen-bond donors (Lipinski definition) is 1. The molecule has 1 aromatic heterocycles. The molecule has 0 saturated heterocycles. The molecule has 2 aromatic carbocycles. The number of nitrogens with one attached hydrogen (secondary N) is 1.